The van der Waals surface area contributed by atoms with Gasteiger partial charge in [0.15, 0.2) is 5.78 Å². The van der Waals surface area contributed by atoms with Crippen LogP contribution >= 0.6 is 11.6 Å². The van der Waals surface area contributed by atoms with Crippen molar-refractivity contribution in [2.24, 2.45) is 0 Å². The summed E-state index contributed by atoms with van der Waals surface area (Å²) < 4.78 is 1.72. The first-order chi connectivity index (χ1) is 7.65. The molecule has 1 N–H and O–H groups in total. The zero-order valence-corrected chi connectivity index (χ0v) is 9.88. The smallest absolute Gasteiger partial charge is 0.198 e. The fraction of sp³-hybridized carbons (Fsp3) is 0.273. The van der Waals surface area contributed by atoms with E-state index in [4.69, 9.17) is 11.6 Å². The largest absolute Gasteiger partial charge is 0.313 e. The van der Waals surface area contributed by atoms with Crippen molar-refractivity contribution in [1.29, 1.82) is 0 Å². The van der Waals surface area contributed by atoms with E-state index in [9.17, 15) is 4.79 Å². The van der Waals surface area contributed by atoms with Crippen molar-refractivity contribution >= 4 is 23.0 Å². The number of nitrogens with one attached hydrogen (secondary N) is 1. The molecular weight excluding hydrogens is 226 g/mol. The SMILES string of the molecule is CNCC(=O)c1nc2c(C)cccn2c1Cl. The van der Waals surface area contributed by atoms with Gasteiger partial charge < -0.3 is 5.32 Å². The molecule has 2 aromatic rings. The average molecular weight is 238 g/mol. The van der Waals surface area contributed by atoms with Crippen LogP contribution < -0.4 is 5.32 Å². The number of rotatable bonds is 3. The molecule has 0 saturated carbocycles. The molecule has 0 radical (unpaired) electrons. The Kier molecular flexibility index (Phi) is 2.94. The first-order valence-electron chi connectivity index (χ1n) is 4.96. The van der Waals surface area contributed by atoms with E-state index in [1.54, 1.807) is 17.6 Å². The number of hydrogen-bond donors (Lipinski definition) is 1. The van der Waals surface area contributed by atoms with Gasteiger partial charge in [-0.25, -0.2) is 4.98 Å². The lowest BCUT2D eigenvalue weighted by Crippen LogP contribution is -2.19. The van der Waals surface area contributed by atoms with Crippen molar-refractivity contribution in [3.63, 3.8) is 0 Å². The monoisotopic (exact) mass is 237 g/mol. The Morgan fingerprint density at radius 2 is 2.38 bits per heavy atom. The highest BCUT2D eigenvalue weighted by Crippen LogP contribution is 2.20. The molecule has 0 saturated heterocycles. The molecule has 0 aliphatic carbocycles. The molecular formula is C11H12ClN3O. The van der Waals surface area contributed by atoms with Crippen LogP contribution in [-0.2, 0) is 0 Å². The zero-order valence-electron chi connectivity index (χ0n) is 9.12. The molecule has 0 aromatic carbocycles. The highest BCUT2D eigenvalue weighted by molar-refractivity contribution is 6.33. The van der Waals surface area contributed by atoms with Gasteiger partial charge in [-0.1, -0.05) is 17.7 Å². The Balaban J connectivity index is 2.60. The van der Waals surface area contributed by atoms with Crippen molar-refractivity contribution < 1.29 is 4.79 Å². The summed E-state index contributed by atoms with van der Waals surface area (Å²) in [5.74, 6) is -0.101. The molecule has 0 atom stereocenters. The van der Waals surface area contributed by atoms with Gasteiger partial charge >= 0.3 is 0 Å². The Labute approximate surface area is 98.2 Å². The van der Waals surface area contributed by atoms with Crippen LogP contribution in [0.3, 0.4) is 0 Å². The highest BCUT2D eigenvalue weighted by Gasteiger charge is 2.17. The molecule has 2 aromatic heterocycles. The second-order valence-corrected chi connectivity index (χ2v) is 3.95. The summed E-state index contributed by atoms with van der Waals surface area (Å²) in [4.78, 5) is 16.0. The molecule has 0 aliphatic heterocycles. The van der Waals surface area contributed by atoms with Crippen LogP contribution in [0.2, 0.25) is 5.15 Å². The van der Waals surface area contributed by atoms with Gasteiger partial charge in [0.25, 0.3) is 0 Å². The number of carbonyl (C=O) groups is 1. The van der Waals surface area contributed by atoms with E-state index in [0.29, 0.717) is 10.8 Å². The van der Waals surface area contributed by atoms with Crippen molar-refractivity contribution in [1.82, 2.24) is 14.7 Å². The molecule has 4 nitrogen and oxygen atoms in total. The lowest BCUT2D eigenvalue weighted by molar-refractivity contribution is 0.0989. The molecule has 0 aliphatic rings. The molecule has 0 bridgehead atoms. The van der Waals surface area contributed by atoms with Crippen LogP contribution in [-0.4, -0.2) is 28.8 Å². The third-order valence-corrected chi connectivity index (χ3v) is 2.75. The normalized spacial score (nSPS) is 10.9. The van der Waals surface area contributed by atoms with Crippen LogP contribution in [0.4, 0.5) is 0 Å². The average Bonchev–Trinajstić information content (AvgIpc) is 2.59. The van der Waals surface area contributed by atoms with Crippen LogP contribution in [0.25, 0.3) is 5.65 Å². The van der Waals surface area contributed by atoms with Crippen LogP contribution in [0.15, 0.2) is 18.3 Å². The van der Waals surface area contributed by atoms with E-state index in [2.05, 4.69) is 10.3 Å². The maximum Gasteiger partial charge on any atom is 0.198 e. The van der Waals surface area contributed by atoms with Gasteiger partial charge in [-0.05, 0) is 25.6 Å². The number of hydrogen-bond acceptors (Lipinski definition) is 3. The molecule has 0 amide bonds. The summed E-state index contributed by atoms with van der Waals surface area (Å²) in [6.45, 7) is 2.17. The number of ketones is 1. The second-order valence-electron chi connectivity index (χ2n) is 3.59. The van der Waals surface area contributed by atoms with Gasteiger partial charge in [-0.3, -0.25) is 9.20 Å². The van der Waals surface area contributed by atoms with Crippen molar-refractivity contribution in [2.45, 2.75) is 6.92 Å². The summed E-state index contributed by atoms with van der Waals surface area (Å²) >= 11 is 6.11. The van der Waals surface area contributed by atoms with Crippen molar-refractivity contribution in [3.8, 4) is 0 Å². The fourth-order valence-corrected chi connectivity index (χ4v) is 1.88. The van der Waals surface area contributed by atoms with E-state index < -0.39 is 0 Å². The van der Waals surface area contributed by atoms with Gasteiger partial charge in [0.05, 0.1) is 6.54 Å². The van der Waals surface area contributed by atoms with Crippen LogP contribution in [0, 0.1) is 6.92 Å². The summed E-state index contributed by atoms with van der Waals surface area (Å²) in [6.07, 6.45) is 1.80. The number of fused-ring (bicyclic) bond motifs is 1. The maximum absolute atomic E-state index is 11.7. The molecule has 16 heavy (non-hydrogen) atoms. The molecule has 0 fully saturated rings. The third kappa shape index (κ3) is 1.70. The third-order valence-electron chi connectivity index (χ3n) is 2.39. The van der Waals surface area contributed by atoms with E-state index in [1.165, 1.54) is 0 Å². The number of aryl methyl sites for hydroxylation is 1. The van der Waals surface area contributed by atoms with Gasteiger partial charge in [-0.15, -0.1) is 0 Å². The summed E-state index contributed by atoms with van der Waals surface area (Å²) in [7, 11) is 1.72. The zero-order chi connectivity index (χ0) is 11.7. The minimum absolute atomic E-state index is 0.101. The molecule has 2 heterocycles. The van der Waals surface area contributed by atoms with Gasteiger partial charge in [0.1, 0.15) is 16.5 Å². The minimum atomic E-state index is -0.101. The van der Waals surface area contributed by atoms with Crippen molar-refractivity contribution in [3.05, 3.63) is 34.7 Å². The Morgan fingerprint density at radius 3 is 3.00 bits per heavy atom. The predicted octanol–water partition coefficient (Wildman–Crippen LogP) is 1.70. The quantitative estimate of drug-likeness (QED) is 0.827. The Bertz CT molecular complexity index is 547. The van der Waals surface area contributed by atoms with E-state index in [1.807, 2.05) is 19.1 Å². The highest BCUT2D eigenvalue weighted by atomic mass is 35.5. The number of aromatic nitrogens is 2. The number of halogens is 1. The van der Waals surface area contributed by atoms with Crippen LogP contribution in [0.5, 0.6) is 0 Å². The number of nitrogens with zero attached hydrogens (tertiary/aromatic N) is 2. The number of carbonyl (C=O) groups excluding carboxylic acids is 1. The van der Waals surface area contributed by atoms with E-state index in [-0.39, 0.29) is 12.3 Å². The van der Waals surface area contributed by atoms with Gasteiger partial charge in [-0.2, -0.15) is 0 Å². The number of likely N-dealkylation sites (N-methyl/N-ethyl adjacent to an activating group) is 1. The number of imidazole rings is 1. The van der Waals surface area contributed by atoms with Gasteiger partial charge in [0, 0.05) is 6.20 Å². The first-order valence-corrected chi connectivity index (χ1v) is 5.34. The topological polar surface area (TPSA) is 46.4 Å². The molecule has 2 rings (SSSR count). The second kappa shape index (κ2) is 4.23. The lowest BCUT2D eigenvalue weighted by Gasteiger charge is -1.96. The molecule has 0 spiro atoms. The standard InChI is InChI=1S/C11H12ClN3O/c1-7-4-3-5-15-10(12)9(14-11(7)15)8(16)6-13-2/h3-5,13H,6H2,1-2H3. The molecule has 5 heteroatoms. The van der Waals surface area contributed by atoms with Crippen LogP contribution in [0.1, 0.15) is 16.1 Å². The number of Topliss-reactive ketones (excluding diaryl/α,β-unsaturated/α-hetero) is 1. The maximum atomic E-state index is 11.7. The lowest BCUT2D eigenvalue weighted by atomic mass is 10.3. The number of pyridine rings is 1. The summed E-state index contributed by atoms with van der Waals surface area (Å²) in [6, 6.07) is 3.81. The van der Waals surface area contributed by atoms with E-state index >= 15 is 0 Å². The predicted molar refractivity (Wildman–Crippen MR) is 63.2 cm³/mol. The summed E-state index contributed by atoms with van der Waals surface area (Å²) in [5.41, 5.74) is 2.05. The minimum Gasteiger partial charge on any atom is -0.313 e. The Morgan fingerprint density at radius 1 is 1.62 bits per heavy atom. The molecule has 84 valence electrons. The van der Waals surface area contributed by atoms with Gasteiger partial charge in [0.2, 0.25) is 0 Å². The molecule has 0 unspecified atom stereocenters. The summed E-state index contributed by atoms with van der Waals surface area (Å²) in [5, 5.41) is 3.17. The fourth-order valence-electron chi connectivity index (χ4n) is 1.60. The van der Waals surface area contributed by atoms with Crippen molar-refractivity contribution in [2.75, 3.05) is 13.6 Å². The first kappa shape index (κ1) is 11.1. The van der Waals surface area contributed by atoms with E-state index in [0.717, 1.165) is 11.2 Å². The Hall–Kier alpha value is -1.39.